The van der Waals surface area contributed by atoms with E-state index >= 15 is 0 Å². The number of fused-ring (bicyclic) bond motifs is 2. The van der Waals surface area contributed by atoms with Gasteiger partial charge in [0.05, 0.1) is 29.7 Å². The van der Waals surface area contributed by atoms with Crippen molar-refractivity contribution in [3.8, 4) is 0 Å². The van der Waals surface area contributed by atoms with E-state index in [1.807, 2.05) is 30.3 Å². The molecule has 6 N–H and O–H groups in total. The third kappa shape index (κ3) is 4.32. The van der Waals surface area contributed by atoms with E-state index in [9.17, 15) is 4.79 Å². The molecule has 1 aromatic carbocycles. The molecule has 1 aromatic heterocycles. The Morgan fingerprint density at radius 3 is 2.79 bits per heavy atom. The highest BCUT2D eigenvalue weighted by Gasteiger charge is 2.19. The quantitative estimate of drug-likeness (QED) is 0.359. The number of benzene rings is 1. The summed E-state index contributed by atoms with van der Waals surface area (Å²) >= 11 is 0. The molecular weight excluding hydrogens is 356 g/mol. The number of urea groups is 1. The number of nitrogens with zero attached hydrogens (tertiary/aromatic N) is 2. The zero-order chi connectivity index (χ0) is 19.9. The van der Waals surface area contributed by atoms with Crippen molar-refractivity contribution in [2.45, 2.75) is 19.0 Å². The molecule has 0 spiro atoms. The fourth-order valence-electron chi connectivity index (χ4n) is 3.07. The lowest BCUT2D eigenvalue weighted by molar-refractivity contribution is 0.248. The molecule has 0 fully saturated rings. The molecule has 0 radical (unpaired) electrons. The van der Waals surface area contributed by atoms with Gasteiger partial charge in [0.1, 0.15) is 5.82 Å². The van der Waals surface area contributed by atoms with Gasteiger partial charge >= 0.3 is 6.03 Å². The van der Waals surface area contributed by atoms with E-state index in [0.29, 0.717) is 41.4 Å². The van der Waals surface area contributed by atoms with Crippen LogP contribution in [0.15, 0.2) is 53.4 Å². The Labute approximate surface area is 162 Å². The molecule has 9 heteroatoms. The van der Waals surface area contributed by atoms with Crippen LogP contribution in [-0.2, 0) is 6.54 Å². The summed E-state index contributed by atoms with van der Waals surface area (Å²) in [6.07, 6.45) is 3.22. The third-order valence-corrected chi connectivity index (χ3v) is 4.37. The molecule has 1 aliphatic heterocycles. The van der Waals surface area contributed by atoms with Gasteiger partial charge in [-0.15, -0.1) is 0 Å². The Kier molecular flexibility index (Phi) is 5.95. The predicted molar refractivity (Wildman–Crippen MR) is 108 cm³/mol. The number of carbonyl (C=O) groups excluding carboxylic acids is 1. The van der Waals surface area contributed by atoms with E-state index in [1.54, 1.807) is 19.3 Å². The van der Waals surface area contributed by atoms with Crippen LogP contribution in [0.2, 0.25) is 0 Å². The fourth-order valence-corrected chi connectivity index (χ4v) is 3.07. The number of nitrogens with one attached hydrogen (secondary N) is 6. The van der Waals surface area contributed by atoms with Gasteiger partial charge in [-0.05, 0) is 11.6 Å². The van der Waals surface area contributed by atoms with Crippen molar-refractivity contribution in [3.63, 3.8) is 0 Å². The van der Waals surface area contributed by atoms with Crippen LogP contribution in [0.5, 0.6) is 0 Å². The average molecular weight is 378 g/mol. The first kappa shape index (κ1) is 19.0. The topological polar surface area (TPSA) is 138 Å². The number of aromatic nitrogens is 1. The Hall–Kier alpha value is -3.75. The minimum atomic E-state index is -0.418. The number of anilines is 2. The first-order chi connectivity index (χ1) is 13.6. The molecule has 2 aromatic rings. The van der Waals surface area contributed by atoms with Gasteiger partial charge in [0.2, 0.25) is 0 Å². The number of rotatable bonds is 4. The summed E-state index contributed by atoms with van der Waals surface area (Å²) in [4.78, 5) is 17.1. The normalized spacial score (nSPS) is 18.7. The highest BCUT2D eigenvalue weighted by atomic mass is 16.2. The number of amides is 2. The van der Waals surface area contributed by atoms with Crippen LogP contribution < -0.4 is 21.3 Å². The van der Waals surface area contributed by atoms with Crippen LogP contribution in [-0.4, -0.2) is 24.3 Å². The number of pyridine rings is 1. The molecule has 144 valence electrons. The van der Waals surface area contributed by atoms with Crippen molar-refractivity contribution in [1.82, 2.24) is 15.6 Å². The SMILES string of the molecule is CNc1c(C=N)cc2nc1CN/C=C(\N=N)CC(c1ccccc1)NC(=O)N2. The van der Waals surface area contributed by atoms with Crippen LogP contribution in [0.1, 0.15) is 29.3 Å². The van der Waals surface area contributed by atoms with Gasteiger partial charge in [0, 0.05) is 31.4 Å². The van der Waals surface area contributed by atoms with Crippen molar-refractivity contribution in [2.24, 2.45) is 5.11 Å². The van der Waals surface area contributed by atoms with Gasteiger partial charge in [-0.1, -0.05) is 30.3 Å². The molecule has 0 saturated heterocycles. The van der Waals surface area contributed by atoms with Crippen molar-refractivity contribution >= 4 is 23.8 Å². The molecule has 1 aliphatic rings. The van der Waals surface area contributed by atoms with Gasteiger partial charge in [-0.2, -0.15) is 5.11 Å². The number of carbonyl (C=O) groups is 1. The Balaban J connectivity index is 2.00. The summed E-state index contributed by atoms with van der Waals surface area (Å²) in [6.45, 7) is 0.350. The molecule has 3 rings (SSSR count). The molecule has 0 saturated carbocycles. The van der Waals surface area contributed by atoms with Crippen LogP contribution in [0, 0.1) is 10.9 Å². The molecular formula is C19H22N8O. The molecule has 2 amide bonds. The minimum Gasteiger partial charge on any atom is -0.386 e. The summed E-state index contributed by atoms with van der Waals surface area (Å²) in [5.41, 5.74) is 10.8. The van der Waals surface area contributed by atoms with Gasteiger partial charge in [-0.3, -0.25) is 5.32 Å². The van der Waals surface area contributed by atoms with Gasteiger partial charge < -0.3 is 21.4 Å². The highest BCUT2D eigenvalue weighted by Crippen LogP contribution is 2.24. The smallest absolute Gasteiger partial charge is 0.320 e. The summed E-state index contributed by atoms with van der Waals surface area (Å²) in [6, 6.07) is 10.4. The zero-order valence-corrected chi connectivity index (χ0v) is 15.4. The minimum absolute atomic E-state index is 0.350. The van der Waals surface area contributed by atoms with Crippen LogP contribution in [0.3, 0.4) is 0 Å². The maximum atomic E-state index is 12.6. The lowest BCUT2D eigenvalue weighted by Crippen LogP contribution is -2.33. The first-order valence-corrected chi connectivity index (χ1v) is 8.79. The van der Waals surface area contributed by atoms with Crippen LogP contribution >= 0.6 is 0 Å². The maximum Gasteiger partial charge on any atom is 0.320 e. The molecule has 0 aliphatic carbocycles. The van der Waals surface area contributed by atoms with E-state index in [1.165, 1.54) is 6.21 Å². The molecule has 9 nitrogen and oxygen atoms in total. The van der Waals surface area contributed by atoms with Gasteiger partial charge in [-0.25, -0.2) is 15.3 Å². The van der Waals surface area contributed by atoms with E-state index in [0.717, 1.165) is 5.56 Å². The second kappa shape index (κ2) is 8.76. The molecule has 2 heterocycles. The maximum absolute atomic E-state index is 12.6. The summed E-state index contributed by atoms with van der Waals surface area (Å²) in [5.74, 6) is 0.355. The van der Waals surface area contributed by atoms with Crippen LogP contribution in [0.4, 0.5) is 16.3 Å². The predicted octanol–water partition coefficient (Wildman–Crippen LogP) is 3.35. The number of hydrogen-bond donors (Lipinski definition) is 6. The second-order valence-electron chi connectivity index (χ2n) is 6.21. The van der Waals surface area contributed by atoms with E-state index < -0.39 is 6.03 Å². The molecule has 1 atom stereocenters. The lowest BCUT2D eigenvalue weighted by atomic mass is 10.0. The van der Waals surface area contributed by atoms with E-state index in [2.05, 4.69) is 31.4 Å². The van der Waals surface area contributed by atoms with E-state index in [4.69, 9.17) is 10.9 Å². The number of hydrogen-bond acceptors (Lipinski definition) is 7. The summed E-state index contributed by atoms with van der Waals surface area (Å²) in [7, 11) is 1.75. The van der Waals surface area contributed by atoms with Gasteiger partial charge in [0.15, 0.2) is 0 Å². The Bertz CT molecular complexity index is 910. The molecule has 1 unspecified atom stereocenters. The van der Waals surface area contributed by atoms with Gasteiger partial charge in [0.25, 0.3) is 0 Å². The summed E-state index contributed by atoms with van der Waals surface area (Å²) in [5, 5.41) is 23.1. The standard InChI is InChI=1S/C19H22N8O/c1-22-18-13(9-20)7-17-24-16(18)11-23-10-14(27-21)8-15(25-19(28)26-17)12-5-3-2-4-6-12/h2-7,9-10,15,20-23H,8,11H2,1H3,(H2,24,25,26,28)/b14-10-,20-9?,27-21?. The Morgan fingerprint density at radius 1 is 1.32 bits per heavy atom. The highest BCUT2D eigenvalue weighted by molar-refractivity contribution is 5.92. The Morgan fingerprint density at radius 2 is 2.11 bits per heavy atom. The summed E-state index contributed by atoms with van der Waals surface area (Å²) < 4.78 is 0. The van der Waals surface area contributed by atoms with Crippen LogP contribution in [0.25, 0.3) is 0 Å². The monoisotopic (exact) mass is 378 g/mol. The zero-order valence-electron chi connectivity index (χ0n) is 15.4. The molecule has 2 bridgehead atoms. The average Bonchev–Trinajstić information content (AvgIpc) is 2.71. The van der Waals surface area contributed by atoms with Crippen molar-refractivity contribution < 1.29 is 4.79 Å². The third-order valence-electron chi connectivity index (χ3n) is 4.37. The van der Waals surface area contributed by atoms with Crippen molar-refractivity contribution in [3.05, 3.63) is 65.1 Å². The van der Waals surface area contributed by atoms with Crippen molar-refractivity contribution in [1.29, 1.82) is 10.9 Å². The van der Waals surface area contributed by atoms with E-state index in [-0.39, 0.29) is 6.04 Å². The molecule has 28 heavy (non-hydrogen) atoms. The van der Waals surface area contributed by atoms with Crippen molar-refractivity contribution in [2.75, 3.05) is 17.7 Å². The fraction of sp³-hybridized carbons (Fsp3) is 0.211. The lowest BCUT2D eigenvalue weighted by Gasteiger charge is -2.21. The second-order valence-corrected chi connectivity index (χ2v) is 6.21. The first-order valence-electron chi connectivity index (χ1n) is 8.79. The largest absolute Gasteiger partial charge is 0.386 e.